The Labute approximate surface area is 286 Å². The van der Waals surface area contributed by atoms with Gasteiger partial charge in [-0.3, -0.25) is 24.8 Å². The molecular formula is C33H42F3N9O5. The Balaban J connectivity index is 0.00000112. The van der Waals surface area contributed by atoms with Crippen LogP contribution in [0.25, 0.3) is 10.8 Å². The number of hydrogen-bond acceptors (Lipinski definition) is 7. The number of alkyl halides is 3. The van der Waals surface area contributed by atoms with Gasteiger partial charge in [0.05, 0.1) is 5.92 Å². The molecule has 3 amide bonds. The van der Waals surface area contributed by atoms with Crippen LogP contribution < -0.4 is 39.3 Å². The van der Waals surface area contributed by atoms with Crippen molar-refractivity contribution < 1.29 is 37.5 Å². The van der Waals surface area contributed by atoms with E-state index in [1.807, 2.05) is 54.6 Å². The summed E-state index contributed by atoms with van der Waals surface area (Å²) < 4.78 is 31.7. The molecule has 0 saturated carbocycles. The normalized spacial score (nSPS) is 12.7. The maximum atomic E-state index is 13.9. The van der Waals surface area contributed by atoms with Crippen molar-refractivity contribution in [2.24, 2.45) is 33.7 Å². The molecule has 14 nitrogen and oxygen atoms in total. The maximum absolute atomic E-state index is 13.9. The van der Waals surface area contributed by atoms with Crippen molar-refractivity contribution in [3.05, 3.63) is 83.4 Å². The molecule has 0 aliphatic carbocycles. The monoisotopic (exact) mass is 701 g/mol. The predicted octanol–water partition coefficient (Wildman–Crippen LogP) is 1.33. The number of carbonyl (C=O) groups excluding carboxylic acids is 3. The molecule has 3 aromatic carbocycles. The molecule has 3 aromatic rings. The van der Waals surface area contributed by atoms with Crippen LogP contribution in [0.5, 0.6) is 0 Å². The van der Waals surface area contributed by atoms with Gasteiger partial charge >= 0.3 is 12.1 Å². The first-order valence-corrected chi connectivity index (χ1v) is 15.4. The number of rotatable bonds is 16. The van der Waals surface area contributed by atoms with Gasteiger partial charge in [0.25, 0.3) is 0 Å². The number of primary amides is 1. The Bertz CT molecular complexity index is 1660. The Morgan fingerprint density at radius 3 is 1.94 bits per heavy atom. The van der Waals surface area contributed by atoms with Crippen LogP contribution in [0.2, 0.25) is 0 Å². The average molecular weight is 702 g/mol. The van der Waals surface area contributed by atoms with Crippen molar-refractivity contribution >= 4 is 46.3 Å². The number of aliphatic imine (C=N–C) groups is 1. The summed E-state index contributed by atoms with van der Waals surface area (Å²) in [6.07, 6.45) is -3.37. The van der Waals surface area contributed by atoms with Gasteiger partial charge in [-0.2, -0.15) is 13.2 Å². The first-order valence-electron chi connectivity index (χ1n) is 15.4. The lowest BCUT2D eigenvalue weighted by Gasteiger charge is -2.25. The molecule has 0 fully saturated rings. The fraction of sp³-hybridized carbons (Fsp3) is 0.333. The number of amidine groups is 1. The lowest BCUT2D eigenvalue weighted by molar-refractivity contribution is -0.192. The smallest absolute Gasteiger partial charge is 0.475 e. The molecule has 0 spiro atoms. The zero-order chi connectivity index (χ0) is 37.4. The summed E-state index contributed by atoms with van der Waals surface area (Å²) in [5.74, 6) is -5.11. The summed E-state index contributed by atoms with van der Waals surface area (Å²) in [5.41, 5.74) is 29.8. The van der Waals surface area contributed by atoms with Crippen molar-refractivity contribution in [1.29, 1.82) is 5.41 Å². The van der Waals surface area contributed by atoms with Crippen molar-refractivity contribution in [2.45, 2.75) is 56.3 Å². The zero-order valence-electron chi connectivity index (χ0n) is 27.1. The van der Waals surface area contributed by atoms with Gasteiger partial charge in [0.1, 0.15) is 17.9 Å². The maximum Gasteiger partial charge on any atom is 0.490 e. The summed E-state index contributed by atoms with van der Waals surface area (Å²) >= 11 is 0. The molecule has 0 aromatic heterocycles. The molecule has 270 valence electrons. The van der Waals surface area contributed by atoms with E-state index in [0.29, 0.717) is 31.4 Å². The molecule has 3 atom stereocenters. The Hall–Kier alpha value is -5.71. The van der Waals surface area contributed by atoms with Gasteiger partial charge in [0.2, 0.25) is 17.7 Å². The quantitative estimate of drug-likeness (QED) is 0.0591. The van der Waals surface area contributed by atoms with Crippen molar-refractivity contribution in [2.75, 3.05) is 13.1 Å². The number of amides is 3. The summed E-state index contributed by atoms with van der Waals surface area (Å²) in [6, 6.07) is 18.9. The molecule has 3 rings (SSSR count). The highest BCUT2D eigenvalue weighted by atomic mass is 19.4. The first-order chi connectivity index (χ1) is 23.5. The van der Waals surface area contributed by atoms with Crippen molar-refractivity contribution in [1.82, 2.24) is 10.6 Å². The number of nitrogens with two attached hydrogens (primary N) is 5. The molecule has 0 bridgehead atoms. The second kappa shape index (κ2) is 19.3. The molecule has 0 heterocycles. The molecule has 50 heavy (non-hydrogen) atoms. The number of nitrogen functional groups attached to an aromatic ring is 1. The number of carbonyl (C=O) groups is 4. The lowest BCUT2D eigenvalue weighted by atomic mass is 9.89. The van der Waals surface area contributed by atoms with Crippen LogP contribution in [0, 0.1) is 5.41 Å². The van der Waals surface area contributed by atoms with E-state index in [9.17, 15) is 27.6 Å². The van der Waals surface area contributed by atoms with Gasteiger partial charge in [0, 0.05) is 12.1 Å². The van der Waals surface area contributed by atoms with Gasteiger partial charge in [-0.05, 0) is 60.5 Å². The molecule has 0 aliphatic heterocycles. The van der Waals surface area contributed by atoms with Crippen LogP contribution in [0.15, 0.2) is 71.7 Å². The Morgan fingerprint density at radius 2 is 1.40 bits per heavy atom. The van der Waals surface area contributed by atoms with Gasteiger partial charge in [-0.1, -0.05) is 66.7 Å². The Kier molecular flexibility index (Phi) is 15.6. The van der Waals surface area contributed by atoms with Crippen LogP contribution in [0.1, 0.15) is 48.3 Å². The van der Waals surface area contributed by atoms with E-state index in [2.05, 4.69) is 15.6 Å². The van der Waals surface area contributed by atoms with Gasteiger partial charge in [-0.25, -0.2) is 4.79 Å². The lowest BCUT2D eigenvalue weighted by Crippen LogP contribution is -2.53. The number of nitrogens with zero attached hydrogens (tertiary/aromatic N) is 1. The Morgan fingerprint density at radius 1 is 0.820 bits per heavy atom. The average Bonchev–Trinajstić information content (AvgIpc) is 3.06. The standard InChI is InChI=1S/C31H41N9O3.C2HF3O2/c32-15-3-7-26(30(43)39-25(28(35)41)8-4-16-38-31(36)37)40-29(42)24(17-19-9-11-21(12-10-19)27(33)34)23-14-13-20-5-1-2-6-22(20)18-23;3-2(4,5)1(6)7/h1-2,5-6,9-14,18,24-26H,3-4,7-8,15-17,32H2,(H3,33,34)(H2,35,41)(H,39,43)(H,40,42)(H4,36,37,38);(H,6,7)/t24-,25?,26-;/m0./s1. The van der Waals surface area contributed by atoms with Gasteiger partial charge in [-0.15, -0.1) is 0 Å². The van der Waals surface area contributed by atoms with E-state index in [1.165, 1.54) is 0 Å². The fourth-order valence-electron chi connectivity index (χ4n) is 4.77. The molecule has 0 saturated heterocycles. The number of aliphatic carboxylic acids is 1. The second-order valence-corrected chi connectivity index (χ2v) is 11.2. The van der Waals surface area contributed by atoms with Gasteiger partial charge in [0.15, 0.2) is 5.96 Å². The molecule has 1 unspecified atom stereocenters. The highest BCUT2D eigenvalue weighted by Crippen LogP contribution is 2.26. The predicted molar refractivity (Wildman–Crippen MR) is 183 cm³/mol. The number of fused-ring (bicyclic) bond motifs is 1. The third kappa shape index (κ3) is 13.4. The summed E-state index contributed by atoms with van der Waals surface area (Å²) in [4.78, 5) is 52.2. The molecule has 17 heteroatoms. The molecule has 14 N–H and O–H groups in total. The minimum absolute atomic E-state index is 0.0466. The highest BCUT2D eigenvalue weighted by Gasteiger charge is 2.38. The summed E-state index contributed by atoms with van der Waals surface area (Å²) in [6.45, 7) is 0.587. The summed E-state index contributed by atoms with van der Waals surface area (Å²) in [5, 5.41) is 22.4. The second-order valence-electron chi connectivity index (χ2n) is 11.2. The number of hydrogen-bond donors (Lipinski definition) is 9. The number of carboxylic acids is 1. The van der Waals surface area contributed by atoms with Crippen molar-refractivity contribution in [3.63, 3.8) is 0 Å². The number of benzene rings is 3. The van der Waals surface area contributed by atoms with Crippen LogP contribution in [-0.4, -0.2) is 71.9 Å². The summed E-state index contributed by atoms with van der Waals surface area (Å²) in [7, 11) is 0. The number of nitrogens with one attached hydrogen (secondary N) is 3. The minimum Gasteiger partial charge on any atom is -0.475 e. The number of guanidine groups is 1. The van der Waals surface area contributed by atoms with Crippen LogP contribution in [0.3, 0.4) is 0 Å². The topological polar surface area (TPSA) is 279 Å². The number of halogens is 3. The largest absolute Gasteiger partial charge is 0.490 e. The van der Waals surface area contributed by atoms with Crippen LogP contribution >= 0.6 is 0 Å². The molecular weight excluding hydrogens is 659 g/mol. The van der Waals surface area contributed by atoms with Crippen molar-refractivity contribution in [3.8, 4) is 0 Å². The van der Waals surface area contributed by atoms with E-state index in [0.717, 1.165) is 21.9 Å². The third-order valence-corrected chi connectivity index (χ3v) is 7.37. The number of carboxylic acid groups (broad SMARTS) is 1. The van der Waals surface area contributed by atoms with E-state index in [4.69, 9.17) is 44.0 Å². The van der Waals surface area contributed by atoms with E-state index >= 15 is 0 Å². The zero-order valence-corrected chi connectivity index (χ0v) is 27.1. The molecule has 0 radical (unpaired) electrons. The van der Waals surface area contributed by atoms with Crippen LogP contribution in [-0.2, 0) is 25.6 Å². The van der Waals surface area contributed by atoms with Crippen LogP contribution in [0.4, 0.5) is 13.2 Å². The SMILES string of the molecule is N=C(N)c1ccc(C[C@H](C(=O)N[C@@H](CCCN)C(=O)NC(CCCN=C(N)N)C(N)=O)c2ccc3ccccc3c2)cc1.O=C(O)C(F)(F)F. The highest BCUT2D eigenvalue weighted by molar-refractivity contribution is 5.95. The fourth-order valence-corrected chi connectivity index (χ4v) is 4.77. The van der Waals surface area contributed by atoms with Gasteiger partial charge < -0.3 is 44.4 Å². The molecule has 0 aliphatic rings. The van der Waals surface area contributed by atoms with E-state index in [1.54, 1.807) is 12.1 Å². The first kappa shape index (κ1) is 40.5. The minimum atomic E-state index is -5.08. The van der Waals surface area contributed by atoms with E-state index < -0.39 is 42.0 Å². The third-order valence-electron chi connectivity index (χ3n) is 7.37. The van der Waals surface area contributed by atoms with E-state index in [-0.39, 0.29) is 37.1 Å².